The Kier molecular flexibility index (Phi) is 10.2. The molecule has 0 aliphatic rings. The fourth-order valence-corrected chi connectivity index (χ4v) is 3.88. The molecule has 0 bridgehead atoms. The lowest BCUT2D eigenvalue weighted by Crippen LogP contribution is -2.19. The molecule has 0 fully saturated rings. The number of nitrogens with zero attached hydrogens (tertiary/aromatic N) is 1. The lowest BCUT2D eigenvalue weighted by Gasteiger charge is -2.29. The zero-order valence-corrected chi connectivity index (χ0v) is 20.5. The van der Waals surface area contributed by atoms with Crippen LogP contribution in [-0.2, 0) is 16.0 Å². The molecule has 0 amide bonds. The van der Waals surface area contributed by atoms with Gasteiger partial charge in [0.2, 0.25) is 0 Å². The number of rotatable bonds is 10. The minimum atomic E-state index is -0.315. The molecular weight excluding hydrogens is 382 g/mol. The van der Waals surface area contributed by atoms with Gasteiger partial charge in [-0.05, 0) is 83.2 Å². The third-order valence-corrected chi connectivity index (χ3v) is 5.67. The topological polar surface area (TPSA) is 50.1 Å². The van der Waals surface area contributed by atoms with Crippen molar-refractivity contribution < 1.29 is 9.53 Å². The van der Waals surface area contributed by atoms with Gasteiger partial charge in [-0.1, -0.05) is 43.7 Å². The number of aryl methyl sites for hydroxylation is 1. The van der Waals surface area contributed by atoms with Crippen molar-refractivity contribution in [3.05, 3.63) is 81.2 Å². The second-order valence-corrected chi connectivity index (χ2v) is 8.06. The maximum Gasteiger partial charge on any atom is 0.156 e. The molecule has 1 rings (SSSR count). The highest BCUT2D eigenvalue weighted by atomic mass is 16.5. The largest absolute Gasteiger partial charge is 0.494 e. The number of hydrogen-bond acceptors (Lipinski definition) is 3. The number of carbonyl (C=O) groups excluding carboxylic acids is 1. The summed E-state index contributed by atoms with van der Waals surface area (Å²) in [6.07, 6.45) is 3.69. The monoisotopic (exact) mass is 419 g/mol. The maximum absolute atomic E-state index is 12.9. The van der Waals surface area contributed by atoms with E-state index < -0.39 is 0 Å². The Bertz CT molecular complexity index is 963. The maximum atomic E-state index is 12.9. The molecule has 31 heavy (non-hydrogen) atoms. The predicted molar refractivity (Wildman–Crippen MR) is 130 cm³/mol. The highest BCUT2D eigenvalue weighted by molar-refractivity contribution is 5.96. The molecule has 0 aromatic heterocycles. The molecule has 0 saturated carbocycles. The zero-order chi connectivity index (χ0) is 23.7. The average molecular weight is 420 g/mol. The third-order valence-electron chi connectivity index (χ3n) is 5.67. The quantitative estimate of drug-likeness (QED) is 0.226. The van der Waals surface area contributed by atoms with E-state index in [1.54, 1.807) is 6.92 Å². The van der Waals surface area contributed by atoms with E-state index in [0.717, 1.165) is 51.8 Å². The molecular formula is C28H37NO2. The summed E-state index contributed by atoms with van der Waals surface area (Å²) in [5, 5.41) is 9.40. The number of carbonyl (C=O) groups is 1. The molecule has 0 radical (unpaired) electrons. The molecule has 0 aliphatic heterocycles. The van der Waals surface area contributed by atoms with Crippen molar-refractivity contribution in [2.75, 3.05) is 6.61 Å². The summed E-state index contributed by atoms with van der Waals surface area (Å²) >= 11 is 0. The van der Waals surface area contributed by atoms with Gasteiger partial charge in [0.15, 0.2) is 5.78 Å². The van der Waals surface area contributed by atoms with Crippen molar-refractivity contribution in [1.29, 1.82) is 5.26 Å². The second-order valence-electron chi connectivity index (χ2n) is 8.06. The van der Waals surface area contributed by atoms with Gasteiger partial charge in [0.05, 0.1) is 18.2 Å². The number of hydrogen-bond donors (Lipinski definition) is 0. The molecule has 0 aliphatic carbocycles. The van der Waals surface area contributed by atoms with Crippen LogP contribution in [0.4, 0.5) is 0 Å². The van der Waals surface area contributed by atoms with Crippen molar-refractivity contribution in [1.82, 2.24) is 0 Å². The van der Waals surface area contributed by atoms with Crippen molar-refractivity contribution in [2.24, 2.45) is 0 Å². The van der Waals surface area contributed by atoms with E-state index in [-0.39, 0.29) is 11.7 Å². The van der Waals surface area contributed by atoms with Gasteiger partial charge in [0.25, 0.3) is 0 Å². The van der Waals surface area contributed by atoms with Crippen molar-refractivity contribution >= 4 is 5.78 Å². The van der Waals surface area contributed by atoms with Gasteiger partial charge in [-0.25, -0.2) is 0 Å². The summed E-state index contributed by atoms with van der Waals surface area (Å²) in [4.78, 5) is 12.9. The summed E-state index contributed by atoms with van der Waals surface area (Å²) in [6.45, 7) is 20.7. The number of allylic oxidation sites excluding steroid dienone is 6. The molecule has 0 spiro atoms. The number of ketones is 1. The van der Waals surface area contributed by atoms with E-state index in [1.807, 2.05) is 39.0 Å². The Labute approximate surface area is 188 Å². The first-order valence-corrected chi connectivity index (χ1v) is 11.0. The highest BCUT2D eigenvalue weighted by Gasteiger charge is 2.31. The van der Waals surface area contributed by atoms with E-state index in [9.17, 15) is 10.1 Å². The molecule has 166 valence electrons. The van der Waals surface area contributed by atoms with Gasteiger partial charge in [0, 0.05) is 17.1 Å². The zero-order valence-electron chi connectivity index (χ0n) is 20.5. The van der Waals surface area contributed by atoms with E-state index in [0.29, 0.717) is 17.9 Å². The van der Waals surface area contributed by atoms with E-state index >= 15 is 0 Å². The first kappa shape index (κ1) is 26.2. The van der Waals surface area contributed by atoms with Crippen LogP contribution in [0.5, 0.6) is 0 Å². The van der Waals surface area contributed by atoms with Gasteiger partial charge in [-0.15, -0.1) is 0 Å². The Morgan fingerprint density at radius 1 is 1.16 bits per heavy atom. The summed E-state index contributed by atoms with van der Waals surface area (Å²) in [6, 6.07) is 7.97. The summed E-state index contributed by atoms with van der Waals surface area (Å²) in [5.74, 6) is 0.310. The SMILES string of the molecule is C=C(OCCC)/C(=C(C)\C(C)=C/C)[C@@H](C(C(C)=O)=C(C)C)c1ccc(C#N)cc1CC. The van der Waals surface area contributed by atoms with Crippen LogP contribution in [-0.4, -0.2) is 12.4 Å². The van der Waals surface area contributed by atoms with Crippen LogP contribution in [0.1, 0.15) is 84.4 Å². The van der Waals surface area contributed by atoms with Crippen LogP contribution in [0.15, 0.2) is 64.5 Å². The highest BCUT2D eigenvalue weighted by Crippen LogP contribution is 2.42. The number of Topliss-reactive ketones (excluding diaryl/α,β-unsaturated/α-hetero) is 1. The standard InChI is InChI=1S/C28H37NO2/c1-10-15-31-22(9)27(20(7)19(6)11-2)28(26(18(4)5)21(8)30)25-14-13-23(17-29)16-24(25)12-3/h11,13-14,16,28H,9-10,12,15H2,1-8H3/b19-11-,27-20+/t28-/m1/s1. The van der Waals surface area contributed by atoms with Crippen LogP contribution in [0, 0.1) is 11.3 Å². The lowest BCUT2D eigenvalue weighted by atomic mass is 9.75. The van der Waals surface area contributed by atoms with Crippen LogP contribution in [0.2, 0.25) is 0 Å². The molecule has 3 nitrogen and oxygen atoms in total. The fourth-order valence-electron chi connectivity index (χ4n) is 3.88. The second kappa shape index (κ2) is 12.1. The first-order valence-electron chi connectivity index (χ1n) is 11.0. The first-order chi connectivity index (χ1) is 14.6. The van der Waals surface area contributed by atoms with Gasteiger partial charge in [-0.2, -0.15) is 5.26 Å². The van der Waals surface area contributed by atoms with Crippen LogP contribution >= 0.6 is 0 Å². The molecule has 1 atom stereocenters. The molecule has 1 aromatic carbocycles. The Morgan fingerprint density at radius 3 is 2.26 bits per heavy atom. The van der Waals surface area contributed by atoms with E-state index in [4.69, 9.17) is 4.74 Å². The smallest absolute Gasteiger partial charge is 0.156 e. The van der Waals surface area contributed by atoms with Gasteiger partial charge in [-0.3, -0.25) is 4.79 Å². The Morgan fingerprint density at radius 2 is 1.81 bits per heavy atom. The normalized spacial score (nSPS) is 13.1. The summed E-state index contributed by atoms with van der Waals surface area (Å²) < 4.78 is 6.03. The number of nitriles is 1. The van der Waals surface area contributed by atoms with Crippen molar-refractivity contribution in [3.63, 3.8) is 0 Å². The van der Waals surface area contributed by atoms with Crippen LogP contribution in [0.3, 0.4) is 0 Å². The number of benzene rings is 1. The minimum Gasteiger partial charge on any atom is -0.494 e. The predicted octanol–water partition coefficient (Wildman–Crippen LogP) is 7.35. The Hall–Kier alpha value is -2.86. The van der Waals surface area contributed by atoms with Crippen LogP contribution < -0.4 is 0 Å². The van der Waals surface area contributed by atoms with E-state index in [2.05, 4.69) is 46.4 Å². The van der Waals surface area contributed by atoms with Gasteiger partial charge >= 0.3 is 0 Å². The summed E-state index contributed by atoms with van der Waals surface area (Å²) in [7, 11) is 0. The molecule has 0 heterocycles. The van der Waals surface area contributed by atoms with Crippen molar-refractivity contribution in [2.45, 2.75) is 74.1 Å². The van der Waals surface area contributed by atoms with Gasteiger partial charge < -0.3 is 4.74 Å². The molecule has 0 N–H and O–H groups in total. The van der Waals surface area contributed by atoms with Crippen LogP contribution in [0.25, 0.3) is 0 Å². The molecule has 3 heteroatoms. The molecule has 0 unspecified atom stereocenters. The van der Waals surface area contributed by atoms with Crippen molar-refractivity contribution in [3.8, 4) is 6.07 Å². The average Bonchev–Trinajstić information content (AvgIpc) is 2.75. The Balaban J connectivity index is 4.08. The number of ether oxygens (including phenoxy) is 1. The lowest BCUT2D eigenvalue weighted by molar-refractivity contribution is -0.113. The minimum absolute atomic E-state index is 0.0307. The summed E-state index contributed by atoms with van der Waals surface area (Å²) in [5.41, 5.74) is 7.51. The van der Waals surface area contributed by atoms with Gasteiger partial charge in [0.1, 0.15) is 5.76 Å². The third kappa shape index (κ3) is 6.31. The van der Waals surface area contributed by atoms with E-state index in [1.165, 1.54) is 0 Å². The fraction of sp³-hybridized carbons (Fsp3) is 0.429. The molecule has 0 saturated heterocycles. The molecule has 1 aromatic rings.